The third-order valence-electron chi connectivity index (χ3n) is 5.73. The number of hydrogen-bond acceptors (Lipinski definition) is 3. The van der Waals surface area contributed by atoms with Gasteiger partial charge in [0.15, 0.2) is 0 Å². The van der Waals surface area contributed by atoms with Gasteiger partial charge < -0.3 is 16.0 Å². The van der Waals surface area contributed by atoms with Crippen molar-refractivity contribution >= 4 is 44.8 Å². The minimum atomic E-state index is -6.67. The predicted octanol–water partition coefficient (Wildman–Crippen LogP) is 7.87. The normalized spacial score (nSPS) is 12.7. The first kappa shape index (κ1) is 31.7. The number of carbonyl (C=O) groups is 2. The molecule has 16 heteroatoms. The van der Waals surface area contributed by atoms with Gasteiger partial charge in [0.2, 0.25) is 0 Å². The van der Waals surface area contributed by atoms with Crippen LogP contribution in [0.1, 0.15) is 31.8 Å². The fourth-order valence-corrected chi connectivity index (χ4v) is 4.43. The third-order valence-corrected chi connectivity index (χ3v) is 6.33. The molecule has 3 aromatic rings. The van der Waals surface area contributed by atoms with Crippen molar-refractivity contribution in [1.29, 1.82) is 0 Å². The smallest absolute Gasteiger partial charge is 0.399 e. The molecule has 0 aliphatic carbocycles. The number of halogens is 11. The Labute approximate surface area is 233 Å². The summed E-state index contributed by atoms with van der Waals surface area (Å²) in [6.45, 7) is 0. The highest BCUT2D eigenvalue weighted by molar-refractivity contribution is 9.10. The van der Waals surface area contributed by atoms with E-state index >= 15 is 0 Å². The summed E-state index contributed by atoms with van der Waals surface area (Å²) in [5.74, 6) is -1.84. The first-order valence-electron chi connectivity index (χ1n) is 11.0. The molecule has 41 heavy (non-hydrogen) atoms. The second kappa shape index (κ2) is 10.9. The highest BCUT2D eigenvalue weighted by Crippen LogP contribution is 2.55. The SMILES string of the molecule is CN(C(=O)c1cccc(NC(=O)c2ccc(N)cc2)c1)c1c(Br)cc(C(F)(C(F)(F)F)C(F)(F)F)cc1C(F)(F)F. The van der Waals surface area contributed by atoms with Gasteiger partial charge in [-0.3, -0.25) is 9.59 Å². The van der Waals surface area contributed by atoms with Crippen molar-refractivity contribution in [2.75, 3.05) is 23.0 Å². The molecular weight excluding hydrogens is 644 g/mol. The Morgan fingerprint density at radius 2 is 1.37 bits per heavy atom. The lowest BCUT2D eigenvalue weighted by Crippen LogP contribution is -2.50. The van der Waals surface area contributed by atoms with Crippen LogP contribution >= 0.6 is 15.9 Å². The zero-order valence-electron chi connectivity index (χ0n) is 20.3. The molecule has 3 aromatic carbocycles. The van der Waals surface area contributed by atoms with Gasteiger partial charge in [0.25, 0.3) is 11.8 Å². The van der Waals surface area contributed by atoms with Crippen molar-refractivity contribution in [3.05, 3.63) is 87.4 Å². The summed E-state index contributed by atoms with van der Waals surface area (Å²) in [6.07, 6.45) is -19.0. The Morgan fingerprint density at radius 3 is 1.88 bits per heavy atom. The number of amides is 2. The fourth-order valence-electron chi connectivity index (χ4n) is 3.71. The van der Waals surface area contributed by atoms with E-state index in [1.54, 1.807) is 0 Å². The van der Waals surface area contributed by atoms with Gasteiger partial charge in [-0.1, -0.05) is 6.07 Å². The van der Waals surface area contributed by atoms with Crippen LogP contribution in [0.5, 0.6) is 0 Å². The van der Waals surface area contributed by atoms with Crippen LogP contribution in [-0.2, 0) is 11.8 Å². The number of alkyl halides is 10. The number of nitrogens with one attached hydrogen (secondary N) is 1. The van der Waals surface area contributed by atoms with Crippen molar-refractivity contribution in [3.63, 3.8) is 0 Å². The van der Waals surface area contributed by atoms with E-state index in [-0.39, 0.29) is 22.9 Å². The zero-order chi connectivity index (χ0) is 31.1. The number of rotatable bonds is 5. The van der Waals surface area contributed by atoms with Gasteiger partial charge in [-0.25, -0.2) is 4.39 Å². The molecule has 0 aliphatic rings. The summed E-state index contributed by atoms with van der Waals surface area (Å²) in [6, 6.07) is 9.72. The number of carbonyl (C=O) groups excluding carboxylic acids is 2. The number of anilines is 3. The lowest BCUT2D eigenvalue weighted by molar-refractivity contribution is -0.348. The third kappa shape index (κ3) is 6.26. The zero-order valence-corrected chi connectivity index (χ0v) is 21.9. The Hall–Kier alpha value is -3.82. The fraction of sp³-hybridized carbons (Fsp3) is 0.200. The van der Waals surface area contributed by atoms with Gasteiger partial charge >= 0.3 is 24.2 Å². The minimum Gasteiger partial charge on any atom is -0.399 e. The van der Waals surface area contributed by atoms with Gasteiger partial charge in [0, 0.05) is 39.6 Å². The van der Waals surface area contributed by atoms with Crippen molar-refractivity contribution in [2.24, 2.45) is 0 Å². The molecule has 0 fully saturated rings. The summed E-state index contributed by atoms with van der Waals surface area (Å²) in [5, 5.41) is 2.46. The first-order valence-corrected chi connectivity index (χ1v) is 11.8. The molecule has 3 rings (SSSR count). The average Bonchev–Trinajstić information content (AvgIpc) is 2.85. The number of benzene rings is 3. The Morgan fingerprint density at radius 1 is 0.805 bits per heavy atom. The largest absolute Gasteiger partial charge is 0.435 e. The van der Waals surface area contributed by atoms with E-state index in [1.165, 1.54) is 36.4 Å². The van der Waals surface area contributed by atoms with Crippen molar-refractivity contribution in [1.82, 2.24) is 0 Å². The Bertz CT molecular complexity index is 1450. The van der Waals surface area contributed by atoms with Crippen molar-refractivity contribution < 1.29 is 53.5 Å². The molecule has 0 aromatic heterocycles. The quantitative estimate of drug-likeness (QED) is 0.216. The molecule has 220 valence electrons. The topological polar surface area (TPSA) is 75.4 Å². The molecule has 3 N–H and O–H groups in total. The van der Waals surface area contributed by atoms with Gasteiger partial charge in [-0.2, -0.15) is 39.5 Å². The molecule has 0 atom stereocenters. The van der Waals surface area contributed by atoms with Crippen LogP contribution in [0.15, 0.2) is 65.1 Å². The van der Waals surface area contributed by atoms with Crippen molar-refractivity contribution in [2.45, 2.75) is 24.2 Å². The van der Waals surface area contributed by atoms with Crippen LogP contribution in [0.3, 0.4) is 0 Å². The summed E-state index contributed by atoms with van der Waals surface area (Å²) >= 11 is 2.47. The molecule has 0 aliphatic heterocycles. The molecule has 0 saturated carbocycles. The highest BCUT2D eigenvalue weighted by atomic mass is 79.9. The number of hydrogen-bond donors (Lipinski definition) is 2. The predicted molar refractivity (Wildman–Crippen MR) is 132 cm³/mol. The minimum absolute atomic E-state index is 0.0223. The molecule has 0 spiro atoms. The van der Waals surface area contributed by atoms with Crippen LogP contribution in [0, 0.1) is 0 Å². The van der Waals surface area contributed by atoms with Crippen LogP contribution in [0.4, 0.5) is 61.0 Å². The van der Waals surface area contributed by atoms with E-state index in [0.717, 1.165) is 19.2 Å². The molecule has 0 radical (unpaired) electrons. The maximum atomic E-state index is 14.6. The highest BCUT2D eigenvalue weighted by Gasteiger charge is 2.73. The Balaban J connectivity index is 2.05. The second-order valence-electron chi connectivity index (χ2n) is 8.53. The molecule has 5 nitrogen and oxygen atoms in total. The summed E-state index contributed by atoms with van der Waals surface area (Å²) in [7, 11) is 0.771. The number of nitrogens with two attached hydrogens (primary N) is 1. The average molecular weight is 660 g/mol. The lowest BCUT2D eigenvalue weighted by atomic mass is 9.91. The van der Waals surface area contributed by atoms with Crippen LogP contribution < -0.4 is 16.0 Å². The van der Waals surface area contributed by atoms with E-state index in [0.29, 0.717) is 10.6 Å². The van der Waals surface area contributed by atoms with E-state index in [4.69, 9.17) is 5.73 Å². The molecule has 0 heterocycles. The second-order valence-corrected chi connectivity index (χ2v) is 9.38. The Kier molecular flexibility index (Phi) is 8.41. The maximum absolute atomic E-state index is 14.6. The van der Waals surface area contributed by atoms with Crippen LogP contribution in [0.2, 0.25) is 0 Å². The summed E-state index contributed by atoms with van der Waals surface area (Å²) < 4.78 is 135. The lowest BCUT2D eigenvalue weighted by Gasteiger charge is -2.32. The van der Waals surface area contributed by atoms with Crippen molar-refractivity contribution in [3.8, 4) is 0 Å². The first-order chi connectivity index (χ1) is 18.7. The number of nitrogen functional groups attached to an aromatic ring is 1. The molecule has 2 amide bonds. The van der Waals surface area contributed by atoms with Gasteiger partial charge in [0.1, 0.15) is 0 Å². The van der Waals surface area contributed by atoms with Crippen LogP contribution in [-0.4, -0.2) is 31.2 Å². The molecular formula is C25H16BrF10N3O2. The molecule has 0 bridgehead atoms. The summed E-state index contributed by atoms with van der Waals surface area (Å²) in [4.78, 5) is 25.8. The van der Waals surface area contributed by atoms with Gasteiger partial charge in [-0.15, -0.1) is 0 Å². The van der Waals surface area contributed by atoms with Gasteiger partial charge in [-0.05, 0) is 70.5 Å². The van der Waals surface area contributed by atoms with Crippen LogP contribution in [0.25, 0.3) is 0 Å². The monoisotopic (exact) mass is 659 g/mol. The van der Waals surface area contributed by atoms with E-state index in [2.05, 4.69) is 21.2 Å². The standard InChI is InChI=1S/C25H16BrF10N3O2/c1-39(21(41)13-3-2-4-16(9-13)38-20(40)12-5-7-15(37)8-6-12)19-17(23(28,29)30)10-14(11-18(19)26)22(27,24(31,32)33)25(34,35)36/h2-11H,37H2,1H3,(H,38,40). The van der Waals surface area contributed by atoms with Gasteiger partial charge in [0.05, 0.1) is 11.3 Å². The summed E-state index contributed by atoms with van der Waals surface area (Å²) in [5.41, 5.74) is -6.07. The van der Waals surface area contributed by atoms with E-state index < -0.39 is 63.4 Å². The maximum Gasteiger partial charge on any atom is 0.435 e. The molecule has 0 unspecified atom stereocenters. The van der Waals surface area contributed by atoms with E-state index in [9.17, 15) is 53.5 Å². The molecule has 0 saturated heterocycles. The van der Waals surface area contributed by atoms with E-state index in [1.807, 2.05) is 0 Å². The number of nitrogens with zero attached hydrogens (tertiary/aromatic N) is 1.